The molecule has 0 radical (unpaired) electrons. The van der Waals surface area contributed by atoms with Crippen LogP contribution in [0.15, 0.2) is 0 Å². The van der Waals surface area contributed by atoms with Crippen LogP contribution in [-0.4, -0.2) is 30.1 Å². The molecule has 1 atom stereocenters. The fourth-order valence-corrected chi connectivity index (χ4v) is 3.38. The van der Waals surface area contributed by atoms with Crippen LogP contribution >= 0.6 is 0 Å². The molecule has 114 valence electrons. The summed E-state index contributed by atoms with van der Waals surface area (Å²) in [5.74, 6) is 0.763. The van der Waals surface area contributed by atoms with E-state index >= 15 is 0 Å². The second-order valence-electron chi connectivity index (χ2n) is 8.14. The average molecular weight is 268 g/mol. The van der Waals surface area contributed by atoms with Crippen LogP contribution in [0.25, 0.3) is 0 Å². The Bertz CT molecular complexity index is 236. The Hall–Kier alpha value is -0.0800. The van der Waals surface area contributed by atoms with Crippen molar-refractivity contribution in [3.63, 3.8) is 0 Å². The summed E-state index contributed by atoms with van der Waals surface area (Å²) in [5.41, 5.74) is 6.67. The van der Waals surface area contributed by atoms with E-state index < -0.39 is 0 Å². The Morgan fingerprint density at radius 2 is 1.74 bits per heavy atom. The predicted molar refractivity (Wildman–Crippen MR) is 85.3 cm³/mol. The molecule has 1 unspecified atom stereocenters. The third-order valence-corrected chi connectivity index (χ3v) is 4.10. The molecule has 2 heteroatoms. The van der Waals surface area contributed by atoms with Crippen molar-refractivity contribution in [2.45, 2.75) is 85.2 Å². The molecule has 2 N–H and O–H groups in total. The van der Waals surface area contributed by atoms with Gasteiger partial charge in [-0.25, -0.2) is 0 Å². The van der Waals surface area contributed by atoms with Gasteiger partial charge >= 0.3 is 0 Å². The summed E-state index contributed by atoms with van der Waals surface area (Å²) in [7, 11) is 0. The number of rotatable bonds is 7. The molecule has 0 bridgehead atoms. The maximum absolute atomic E-state index is 6.31. The molecular weight excluding hydrogens is 232 g/mol. The molecule has 1 aliphatic carbocycles. The van der Waals surface area contributed by atoms with E-state index in [9.17, 15) is 0 Å². The van der Waals surface area contributed by atoms with E-state index in [2.05, 4.69) is 39.5 Å². The van der Waals surface area contributed by atoms with Crippen molar-refractivity contribution in [2.75, 3.05) is 13.1 Å². The molecule has 0 heterocycles. The van der Waals surface area contributed by atoms with E-state index in [0.29, 0.717) is 11.5 Å². The van der Waals surface area contributed by atoms with Crippen molar-refractivity contribution in [1.29, 1.82) is 0 Å². The summed E-state index contributed by atoms with van der Waals surface area (Å²) in [6.45, 7) is 14.0. The number of hydrogen-bond donors (Lipinski definition) is 1. The minimum Gasteiger partial charge on any atom is -0.328 e. The van der Waals surface area contributed by atoms with Crippen molar-refractivity contribution >= 4 is 0 Å². The van der Waals surface area contributed by atoms with Crippen LogP contribution in [0.2, 0.25) is 0 Å². The SMILES string of the molecule is CC(C)CN(CCC(N)CC(C)(C)C)C1CCCC1. The maximum atomic E-state index is 6.31. The second kappa shape index (κ2) is 7.64. The van der Waals surface area contributed by atoms with Gasteiger partial charge < -0.3 is 10.6 Å². The van der Waals surface area contributed by atoms with Gasteiger partial charge in [0.25, 0.3) is 0 Å². The molecule has 19 heavy (non-hydrogen) atoms. The zero-order chi connectivity index (χ0) is 14.5. The van der Waals surface area contributed by atoms with Crippen molar-refractivity contribution in [3.05, 3.63) is 0 Å². The molecule has 1 aliphatic rings. The monoisotopic (exact) mass is 268 g/mol. The first-order chi connectivity index (χ1) is 8.78. The number of hydrogen-bond acceptors (Lipinski definition) is 2. The van der Waals surface area contributed by atoms with E-state index in [1.54, 1.807) is 0 Å². The third-order valence-electron chi connectivity index (χ3n) is 4.10. The van der Waals surface area contributed by atoms with Crippen molar-refractivity contribution < 1.29 is 0 Å². The van der Waals surface area contributed by atoms with E-state index in [0.717, 1.165) is 24.8 Å². The lowest BCUT2D eigenvalue weighted by Gasteiger charge is -2.32. The van der Waals surface area contributed by atoms with E-state index in [1.807, 2.05) is 0 Å². The summed E-state index contributed by atoms with van der Waals surface area (Å²) >= 11 is 0. The standard InChI is InChI=1S/C17H36N2/c1-14(2)13-19(16-8-6-7-9-16)11-10-15(18)12-17(3,4)5/h14-16H,6-13,18H2,1-5H3. The van der Waals surface area contributed by atoms with Gasteiger partial charge in [0.15, 0.2) is 0 Å². The van der Waals surface area contributed by atoms with Gasteiger partial charge in [-0.05, 0) is 43.6 Å². The topological polar surface area (TPSA) is 29.3 Å². The molecule has 0 spiro atoms. The van der Waals surface area contributed by atoms with Gasteiger partial charge in [0.05, 0.1) is 0 Å². The Balaban J connectivity index is 2.39. The summed E-state index contributed by atoms with van der Waals surface area (Å²) in [6.07, 6.45) is 7.94. The van der Waals surface area contributed by atoms with Crippen LogP contribution in [-0.2, 0) is 0 Å². The van der Waals surface area contributed by atoms with Crippen LogP contribution in [0.4, 0.5) is 0 Å². The summed E-state index contributed by atoms with van der Waals surface area (Å²) in [6, 6.07) is 1.19. The van der Waals surface area contributed by atoms with E-state index in [-0.39, 0.29) is 0 Å². The first-order valence-corrected chi connectivity index (χ1v) is 8.27. The molecule has 0 aromatic rings. The Morgan fingerprint density at radius 3 is 2.21 bits per heavy atom. The highest BCUT2D eigenvalue weighted by atomic mass is 15.2. The molecule has 0 aromatic carbocycles. The van der Waals surface area contributed by atoms with Crippen LogP contribution in [0.3, 0.4) is 0 Å². The summed E-state index contributed by atoms with van der Waals surface area (Å²) in [5, 5.41) is 0. The zero-order valence-electron chi connectivity index (χ0n) is 13.9. The molecule has 1 rings (SSSR count). The summed E-state index contributed by atoms with van der Waals surface area (Å²) in [4.78, 5) is 2.72. The van der Waals surface area contributed by atoms with E-state index in [1.165, 1.54) is 38.8 Å². The lowest BCUT2D eigenvalue weighted by molar-refractivity contribution is 0.166. The average Bonchev–Trinajstić information content (AvgIpc) is 2.74. The minimum absolute atomic E-state index is 0.357. The molecular formula is C17H36N2. The van der Waals surface area contributed by atoms with Gasteiger partial charge in [0.2, 0.25) is 0 Å². The molecule has 2 nitrogen and oxygen atoms in total. The quantitative estimate of drug-likeness (QED) is 0.755. The lowest BCUT2D eigenvalue weighted by Crippen LogP contribution is -2.39. The van der Waals surface area contributed by atoms with Gasteiger partial charge in [0, 0.05) is 18.6 Å². The van der Waals surface area contributed by atoms with Crippen LogP contribution < -0.4 is 5.73 Å². The Morgan fingerprint density at radius 1 is 1.16 bits per heavy atom. The molecule has 0 aliphatic heterocycles. The van der Waals surface area contributed by atoms with Gasteiger partial charge in [-0.2, -0.15) is 0 Å². The Kier molecular flexibility index (Phi) is 6.82. The van der Waals surface area contributed by atoms with Crippen LogP contribution in [0.5, 0.6) is 0 Å². The molecule has 0 aromatic heterocycles. The Labute approximate surface area is 121 Å². The number of nitrogens with zero attached hydrogens (tertiary/aromatic N) is 1. The fraction of sp³-hybridized carbons (Fsp3) is 1.00. The van der Waals surface area contributed by atoms with Gasteiger partial charge in [-0.3, -0.25) is 0 Å². The largest absolute Gasteiger partial charge is 0.328 e. The lowest BCUT2D eigenvalue weighted by atomic mass is 9.87. The molecule has 0 saturated heterocycles. The highest BCUT2D eigenvalue weighted by Gasteiger charge is 2.24. The second-order valence-corrected chi connectivity index (χ2v) is 8.14. The van der Waals surface area contributed by atoms with Gasteiger partial charge in [-0.1, -0.05) is 47.5 Å². The van der Waals surface area contributed by atoms with Crippen LogP contribution in [0, 0.1) is 11.3 Å². The molecule has 0 amide bonds. The third kappa shape index (κ3) is 7.31. The molecule has 1 fully saturated rings. The highest BCUT2D eigenvalue weighted by Crippen LogP contribution is 2.25. The predicted octanol–water partition coefficient (Wildman–Crippen LogP) is 4.04. The smallest absolute Gasteiger partial charge is 0.00953 e. The highest BCUT2D eigenvalue weighted by molar-refractivity contribution is 4.80. The first-order valence-electron chi connectivity index (χ1n) is 8.27. The molecule has 1 saturated carbocycles. The fourth-order valence-electron chi connectivity index (χ4n) is 3.38. The summed E-state index contributed by atoms with van der Waals surface area (Å²) < 4.78 is 0. The first kappa shape index (κ1) is 17.0. The zero-order valence-corrected chi connectivity index (χ0v) is 13.9. The van der Waals surface area contributed by atoms with Crippen LogP contribution in [0.1, 0.15) is 73.1 Å². The maximum Gasteiger partial charge on any atom is 0.00953 e. The van der Waals surface area contributed by atoms with Gasteiger partial charge in [0.1, 0.15) is 0 Å². The number of nitrogens with two attached hydrogens (primary N) is 1. The van der Waals surface area contributed by atoms with Crippen molar-refractivity contribution in [1.82, 2.24) is 4.90 Å². The normalized spacial score (nSPS) is 19.6. The van der Waals surface area contributed by atoms with Crippen molar-refractivity contribution in [3.8, 4) is 0 Å². The van der Waals surface area contributed by atoms with Crippen molar-refractivity contribution in [2.24, 2.45) is 17.1 Å². The minimum atomic E-state index is 0.357. The van der Waals surface area contributed by atoms with Gasteiger partial charge in [-0.15, -0.1) is 0 Å². The van der Waals surface area contributed by atoms with E-state index in [4.69, 9.17) is 5.73 Å².